The molecule has 5 nitrogen and oxygen atoms in total. The first-order valence-electron chi connectivity index (χ1n) is 10.3. The highest BCUT2D eigenvalue weighted by atomic mass is 35.5. The van der Waals surface area contributed by atoms with Gasteiger partial charge in [-0.15, -0.1) is 11.3 Å². The molecule has 0 aliphatic carbocycles. The third-order valence-corrected chi connectivity index (χ3v) is 6.96. The quantitative estimate of drug-likeness (QED) is 0.520. The number of amides is 1. The minimum Gasteiger partial charge on any atom is -0.477 e. The fourth-order valence-electron chi connectivity index (χ4n) is 3.96. The molecule has 1 aliphatic rings. The molecular weight excluding hydrogens is 432 g/mol. The number of carboxylic acids is 1. The van der Waals surface area contributed by atoms with Gasteiger partial charge in [-0.1, -0.05) is 54.1 Å². The predicted octanol–water partition coefficient (Wildman–Crippen LogP) is 5.38. The minimum atomic E-state index is -0.979. The number of rotatable bonds is 7. The molecule has 1 atom stereocenters. The highest BCUT2D eigenvalue weighted by Gasteiger charge is 2.33. The van der Waals surface area contributed by atoms with E-state index in [9.17, 15) is 14.7 Å². The van der Waals surface area contributed by atoms with Crippen LogP contribution in [0.5, 0.6) is 0 Å². The number of halogens is 1. The number of aromatic nitrogens is 1. The van der Waals surface area contributed by atoms with Gasteiger partial charge in [0.05, 0.1) is 11.7 Å². The molecule has 2 heterocycles. The Morgan fingerprint density at radius 1 is 1.10 bits per heavy atom. The summed E-state index contributed by atoms with van der Waals surface area (Å²) in [4.78, 5) is 31.6. The van der Waals surface area contributed by atoms with Crippen LogP contribution in [0.2, 0.25) is 5.02 Å². The molecule has 1 fully saturated rings. The number of hydrogen-bond acceptors (Lipinski definition) is 4. The summed E-state index contributed by atoms with van der Waals surface area (Å²) in [6.07, 6.45) is 3.27. The number of aryl methyl sites for hydroxylation is 1. The fraction of sp³-hybridized carbons (Fsp3) is 0.292. The highest BCUT2D eigenvalue weighted by Crippen LogP contribution is 2.36. The van der Waals surface area contributed by atoms with Crippen molar-refractivity contribution in [3.8, 4) is 0 Å². The zero-order valence-corrected chi connectivity index (χ0v) is 18.5. The SMILES string of the molecule is O=C(O)c1sc(C2CCCN2C(=O)CCc2ccccc2)nc1Cc1ccc(Cl)cc1. The summed E-state index contributed by atoms with van der Waals surface area (Å²) in [7, 11) is 0. The lowest BCUT2D eigenvalue weighted by Gasteiger charge is -2.23. The van der Waals surface area contributed by atoms with Gasteiger partial charge in [-0.3, -0.25) is 4.79 Å². The Morgan fingerprint density at radius 2 is 1.84 bits per heavy atom. The van der Waals surface area contributed by atoms with Crippen LogP contribution >= 0.6 is 22.9 Å². The lowest BCUT2D eigenvalue weighted by molar-refractivity contribution is -0.132. The van der Waals surface area contributed by atoms with Crippen LogP contribution in [0.1, 0.15) is 56.8 Å². The largest absolute Gasteiger partial charge is 0.477 e. The Balaban J connectivity index is 1.51. The molecule has 31 heavy (non-hydrogen) atoms. The lowest BCUT2D eigenvalue weighted by Crippen LogP contribution is -2.30. The summed E-state index contributed by atoms with van der Waals surface area (Å²) in [6.45, 7) is 0.687. The van der Waals surface area contributed by atoms with Crippen LogP contribution in [0.4, 0.5) is 0 Å². The van der Waals surface area contributed by atoms with E-state index in [1.165, 1.54) is 11.3 Å². The van der Waals surface area contributed by atoms with Crippen LogP contribution in [0.15, 0.2) is 54.6 Å². The van der Waals surface area contributed by atoms with Gasteiger partial charge in [0.1, 0.15) is 9.88 Å². The molecule has 1 aromatic heterocycles. The van der Waals surface area contributed by atoms with Crippen molar-refractivity contribution in [2.45, 2.75) is 38.1 Å². The number of benzene rings is 2. The second-order valence-corrected chi connectivity index (χ2v) is 9.13. The zero-order chi connectivity index (χ0) is 21.8. The van der Waals surface area contributed by atoms with E-state index in [2.05, 4.69) is 0 Å². The van der Waals surface area contributed by atoms with E-state index >= 15 is 0 Å². The average molecular weight is 455 g/mol. The molecule has 1 amide bonds. The monoisotopic (exact) mass is 454 g/mol. The van der Waals surface area contributed by atoms with Crippen LogP contribution in [-0.2, 0) is 17.6 Å². The van der Waals surface area contributed by atoms with Crippen molar-refractivity contribution in [2.24, 2.45) is 0 Å². The first-order valence-corrected chi connectivity index (χ1v) is 11.5. The Kier molecular flexibility index (Phi) is 6.68. The van der Waals surface area contributed by atoms with Crippen molar-refractivity contribution in [1.29, 1.82) is 0 Å². The minimum absolute atomic E-state index is 0.0951. The van der Waals surface area contributed by atoms with Gasteiger partial charge in [-0.2, -0.15) is 0 Å². The maximum atomic E-state index is 12.9. The van der Waals surface area contributed by atoms with Gasteiger partial charge in [-0.25, -0.2) is 9.78 Å². The molecule has 1 N–H and O–H groups in total. The van der Waals surface area contributed by atoms with E-state index in [0.29, 0.717) is 41.5 Å². The maximum absolute atomic E-state index is 12.9. The van der Waals surface area contributed by atoms with Gasteiger partial charge in [0, 0.05) is 24.4 Å². The van der Waals surface area contributed by atoms with Crippen LogP contribution < -0.4 is 0 Å². The molecule has 160 valence electrons. The van der Waals surface area contributed by atoms with Gasteiger partial charge in [-0.05, 0) is 42.5 Å². The predicted molar refractivity (Wildman–Crippen MR) is 122 cm³/mol. The van der Waals surface area contributed by atoms with Gasteiger partial charge >= 0.3 is 5.97 Å². The highest BCUT2D eigenvalue weighted by molar-refractivity contribution is 7.13. The molecule has 2 aromatic carbocycles. The van der Waals surface area contributed by atoms with Crippen LogP contribution in [0, 0.1) is 0 Å². The van der Waals surface area contributed by atoms with Gasteiger partial charge in [0.15, 0.2) is 0 Å². The van der Waals surface area contributed by atoms with E-state index in [1.807, 2.05) is 47.4 Å². The lowest BCUT2D eigenvalue weighted by atomic mass is 10.1. The summed E-state index contributed by atoms with van der Waals surface area (Å²) in [5, 5.41) is 11.0. The molecule has 0 bridgehead atoms. The summed E-state index contributed by atoms with van der Waals surface area (Å²) in [5.74, 6) is -0.884. The molecule has 3 aromatic rings. The third kappa shape index (κ3) is 5.14. The number of nitrogens with zero attached hydrogens (tertiary/aromatic N) is 2. The zero-order valence-electron chi connectivity index (χ0n) is 17.0. The summed E-state index contributed by atoms with van der Waals surface area (Å²) >= 11 is 7.14. The second-order valence-electron chi connectivity index (χ2n) is 7.67. The van der Waals surface area contributed by atoms with Crippen molar-refractivity contribution in [2.75, 3.05) is 6.54 Å². The number of likely N-dealkylation sites (tertiary alicyclic amines) is 1. The second kappa shape index (κ2) is 9.62. The third-order valence-electron chi connectivity index (χ3n) is 5.52. The van der Waals surface area contributed by atoms with E-state index in [4.69, 9.17) is 16.6 Å². The van der Waals surface area contributed by atoms with Crippen molar-refractivity contribution in [3.05, 3.63) is 86.3 Å². The summed E-state index contributed by atoms with van der Waals surface area (Å²) < 4.78 is 0. The van der Waals surface area contributed by atoms with Crippen molar-refractivity contribution < 1.29 is 14.7 Å². The number of aromatic carboxylic acids is 1. The van der Waals surface area contributed by atoms with Crippen LogP contribution in [-0.4, -0.2) is 33.4 Å². The summed E-state index contributed by atoms with van der Waals surface area (Å²) in [6, 6.07) is 17.1. The molecule has 0 saturated carbocycles. The number of carbonyl (C=O) groups is 2. The first-order chi connectivity index (χ1) is 15.0. The topological polar surface area (TPSA) is 70.5 Å². The van der Waals surface area contributed by atoms with Gasteiger partial charge in [0.25, 0.3) is 0 Å². The Hall–Kier alpha value is -2.70. The molecule has 0 radical (unpaired) electrons. The summed E-state index contributed by atoms with van der Waals surface area (Å²) in [5.41, 5.74) is 2.63. The Labute approximate surface area is 190 Å². The Bertz CT molecular complexity index is 1070. The van der Waals surface area contributed by atoms with Gasteiger partial charge < -0.3 is 10.0 Å². The molecule has 1 unspecified atom stereocenters. The maximum Gasteiger partial charge on any atom is 0.347 e. The number of hydrogen-bond donors (Lipinski definition) is 1. The van der Waals surface area contributed by atoms with Crippen molar-refractivity contribution >= 4 is 34.8 Å². The number of carboxylic acid groups (broad SMARTS) is 1. The molecule has 0 spiro atoms. The molecule has 1 saturated heterocycles. The normalized spacial score (nSPS) is 15.9. The van der Waals surface area contributed by atoms with Crippen molar-refractivity contribution in [1.82, 2.24) is 9.88 Å². The number of thiazole rings is 1. The molecule has 1 aliphatic heterocycles. The van der Waals surface area contributed by atoms with Crippen LogP contribution in [0.25, 0.3) is 0 Å². The molecular formula is C24H23ClN2O3S. The first kappa shape index (κ1) is 21.5. The van der Waals surface area contributed by atoms with Crippen molar-refractivity contribution in [3.63, 3.8) is 0 Å². The van der Waals surface area contributed by atoms with E-state index in [0.717, 1.165) is 24.0 Å². The van der Waals surface area contributed by atoms with Gasteiger partial charge in [0.2, 0.25) is 5.91 Å². The molecule has 4 rings (SSSR count). The van der Waals surface area contributed by atoms with E-state index < -0.39 is 5.97 Å². The van der Waals surface area contributed by atoms with E-state index in [-0.39, 0.29) is 16.8 Å². The molecule has 7 heteroatoms. The van der Waals surface area contributed by atoms with E-state index in [1.54, 1.807) is 12.1 Å². The smallest absolute Gasteiger partial charge is 0.347 e. The van der Waals surface area contributed by atoms with Crippen LogP contribution in [0.3, 0.4) is 0 Å². The standard InChI is InChI=1S/C24H23ClN2O3S/c25-18-11-8-17(9-12-18)15-19-22(24(29)30)31-23(26-19)20-7-4-14-27(20)21(28)13-10-16-5-2-1-3-6-16/h1-3,5-6,8-9,11-12,20H,4,7,10,13-15H2,(H,29,30). The number of carbonyl (C=O) groups excluding carboxylic acids is 1. The Morgan fingerprint density at radius 3 is 2.55 bits per heavy atom. The fourth-order valence-corrected chi connectivity index (χ4v) is 5.15. The average Bonchev–Trinajstić information content (AvgIpc) is 3.41.